The molecule has 3 aliphatic rings. The van der Waals surface area contributed by atoms with Crippen LogP contribution in [0, 0.1) is 11.8 Å². The predicted octanol–water partition coefficient (Wildman–Crippen LogP) is -0.619. The number of nitrogens with one attached hydrogen (secondary N) is 2. The lowest BCUT2D eigenvalue weighted by Crippen LogP contribution is -2.56. The Bertz CT molecular complexity index is 1110. The summed E-state index contributed by atoms with van der Waals surface area (Å²) in [6, 6.07) is 6.48. The monoisotopic (exact) mass is 520 g/mol. The highest BCUT2D eigenvalue weighted by molar-refractivity contribution is 9.09. The molecule has 3 aliphatic heterocycles. The van der Waals surface area contributed by atoms with E-state index in [9.17, 15) is 19.5 Å². The van der Waals surface area contributed by atoms with Gasteiger partial charge < -0.3 is 25.4 Å². The van der Waals surface area contributed by atoms with Gasteiger partial charge in [-0.15, -0.1) is 5.10 Å². The number of likely N-dealkylation sites (tertiary alicyclic amines) is 1. The van der Waals surface area contributed by atoms with Crippen molar-refractivity contribution in [2.24, 2.45) is 11.8 Å². The van der Waals surface area contributed by atoms with Crippen LogP contribution in [0.2, 0.25) is 0 Å². The molecule has 6 atom stereocenters. The molecule has 11 nitrogen and oxygen atoms in total. The maximum atomic E-state index is 13.5. The Morgan fingerprint density at radius 2 is 2.12 bits per heavy atom. The average molecular weight is 521 g/mol. The van der Waals surface area contributed by atoms with E-state index in [1.54, 1.807) is 4.68 Å². The number of alkyl halides is 1. The molecule has 1 aromatic carbocycles. The molecule has 3 saturated heterocycles. The van der Waals surface area contributed by atoms with Crippen LogP contribution < -0.4 is 10.6 Å². The van der Waals surface area contributed by atoms with Crippen LogP contribution >= 0.6 is 15.9 Å². The zero-order valence-corrected chi connectivity index (χ0v) is 19.6. The fourth-order valence-corrected chi connectivity index (χ4v) is 6.60. The number of carbonyl (C=O) groups excluding carboxylic acids is 3. The zero-order valence-electron chi connectivity index (χ0n) is 18.0. The van der Waals surface area contributed by atoms with Gasteiger partial charge in [-0.3, -0.25) is 14.4 Å². The van der Waals surface area contributed by atoms with E-state index in [0.717, 1.165) is 5.52 Å². The van der Waals surface area contributed by atoms with Crippen molar-refractivity contribution in [1.29, 1.82) is 0 Å². The number of amides is 3. The Morgan fingerprint density at radius 3 is 2.88 bits per heavy atom. The summed E-state index contributed by atoms with van der Waals surface area (Å²) in [7, 11) is 1.53. The molecule has 1 aromatic heterocycles. The summed E-state index contributed by atoms with van der Waals surface area (Å²) in [5.41, 5.74) is 0.364. The normalized spacial score (nSPS) is 32.4. The van der Waals surface area contributed by atoms with Gasteiger partial charge in [-0.05, 0) is 25.0 Å². The van der Waals surface area contributed by atoms with Gasteiger partial charge in [0.15, 0.2) is 0 Å². The molecule has 0 saturated carbocycles. The van der Waals surface area contributed by atoms with Crippen LogP contribution in [0.15, 0.2) is 24.3 Å². The lowest BCUT2D eigenvalue weighted by molar-refractivity contribution is -0.142. The van der Waals surface area contributed by atoms with Gasteiger partial charge in [-0.25, -0.2) is 4.68 Å². The summed E-state index contributed by atoms with van der Waals surface area (Å²) in [4.78, 5) is 41.1. The summed E-state index contributed by atoms with van der Waals surface area (Å²) in [5.74, 6) is -2.39. The molecule has 1 spiro atoms. The molecule has 3 unspecified atom stereocenters. The van der Waals surface area contributed by atoms with E-state index in [0.29, 0.717) is 18.4 Å². The van der Waals surface area contributed by atoms with Crippen molar-refractivity contribution < 1.29 is 24.2 Å². The highest BCUT2D eigenvalue weighted by Crippen LogP contribution is 2.59. The van der Waals surface area contributed by atoms with E-state index in [1.165, 1.54) is 11.9 Å². The Labute approximate surface area is 197 Å². The van der Waals surface area contributed by atoms with Crippen molar-refractivity contribution in [1.82, 2.24) is 30.5 Å². The van der Waals surface area contributed by atoms with Crippen molar-refractivity contribution in [2.75, 3.05) is 20.2 Å². The average Bonchev–Trinajstić information content (AvgIpc) is 3.53. The number of aliphatic hydroxyl groups excluding tert-OH is 1. The summed E-state index contributed by atoms with van der Waals surface area (Å²) in [6.07, 6.45) is 0.257. The third-order valence-electron chi connectivity index (χ3n) is 6.97. The molecular formula is C21H25BrN6O5. The number of fused-ring (bicyclic) bond motifs is 2. The fourth-order valence-electron chi connectivity index (χ4n) is 5.66. The lowest BCUT2D eigenvalue weighted by atomic mass is 9.70. The second kappa shape index (κ2) is 8.33. The van der Waals surface area contributed by atoms with Crippen molar-refractivity contribution in [2.45, 2.75) is 42.1 Å². The summed E-state index contributed by atoms with van der Waals surface area (Å²) < 4.78 is 7.90. The Balaban J connectivity index is 1.45. The summed E-state index contributed by atoms with van der Waals surface area (Å²) in [5, 5.41) is 23.1. The van der Waals surface area contributed by atoms with E-state index in [-0.39, 0.29) is 42.4 Å². The van der Waals surface area contributed by atoms with E-state index in [2.05, 4.69) is 36.9 Å². The van der Waals surface area contributed by atoms with E-state index < -0.39 is 29.6 Å². The third-order valence-corrected chi connectivity index (χ3v) is 7.81. The maximum absolute atomic E-state index is 13.5. The van der Waals surface area contributed by atoms with Crippen LogP contribution in [0.3, 0.4) is 0 Å². The standard InChI is InChI=1S/C21H25BrN6O5/c1-23-18(30)14-15-20(32)27(7-4-8-29)17(21(15)9-11(22)16(14)33-21)19(31)24-10-28-13-6-3-2-5-12(13)25-26-28/h2-3,5-6,11,14-17,29H,4,7-10H2,1H3,(H,23,30)(H,24,31)/t11?,14-,15+,16-,17?,21?/m1/s1. The lowest BCUT2D eigenvalue weighted by Gasteiger charge is -2.34. The molecule has 0 radical (unpaired) electrons. The molecule has 2 aromatic rings. The Morgan fingerprint density at radius 1 is 1.33 bits per heavy atom. The van der Waals surface area contributed by atoms with Gasteiger partial charge in [0.25, 0.3) is 0 Å². The molecule has 3 N–H and O–H groups in total. The largest absolute Gasteiger partial charge is 0.396 e. The first-order chi connectivity index (χ1) is 15.9. The minimum absolute atomic E-state index is 0.0681. The number of carbonyl (C=O) groups is 3. The number of nitrogens with zero attached hydrogens (tertiary/aromatic N) is 4. The maximum Gasteiger partial charge on any atom is 0.247 e. The van der Waals surface area contributed by atoms with Crippen molar-refractivity contribution in [3.05, 3.63) is 24.3 Å². The molecule has 3 amide bonds. The zero-order chi connectivity index (χ0) is 23.3. The fraction of sp³-hybridized carbons (Fsp3) is 0.571. The number of halogens is 1. The van der Waals surface area contributed by atoms with Crippen LogP contribution in [0.4, 0.5) is 0 Å². The van der Waals surface area contributed by atoms with Gasteiger partial charge in [0.2, 0.25) is 17.7 Å². The second-order valence-electron chi connectivity index (χ2n) is 8.66. The van der Waals surface area contributed by atoms with Gasteiger partial charge >= 0.3 is 0 Å². The second-order valence-corrected chi connectivity index (χ2v) is 9.84. The topological polar surface area (TPSA) is 139 Å². The Kier molecular flexibility index (Phi) is 5.61. The van der Waals surface area contributed by atoms with Crippen LogP contribution in [0.25, 0.3) is 11.0 Å². The van der Waals surface area contributed by atoms with E-state index >= 15 is 0 Å². The Hall–Kier alpha value is -2.57. The number of aromatic nitrogens is 3. The molecule has 4 heterocycles. The van der Waals surface area contributed by atoms with Gasteiger partial charge in [0.1, 0.15) is 23.8 Å². The molecule has 2 bridgehead atoms. The molecule has 176 valence electrons. The number of para-hydroxylation sites is 1. The first kappa shape index (κ1) is 22.2. The van der Waals surface area contributed by atoms with Crippen LogP contribution in [-0.4, -0.2) is 85.5 Å². The van der Waals surface area contributed by atoms with Crippen LogP contribution in [0.1, 0.15) is 12.8 Å². The summed E-state index contributed by atoms with van der Waals surface area (Å²) >= 11 is 3.60. The smallest absolute Gasteiger partial charge is 0.247 e. The van der Waals surface area contributed by atoms with Crippen molar-refractivity contribution in [3.63, 3.8) is 0 Å². The van der Waals surface area contributed by atoms with E-state index in [4.69, 9.17) is 4.74 Å². The van der Waals surface area contributed by atoms with Gasteiger partial charge in [0, 0.05) is 25.0 Å². The first-order valence-electron chi connectivity index (χ1n) is 10.9. The highest BCUT2D eigenvalue weighted by Gasteiger charge is 2.76. The molecular weight excluding hydrogens is 496 g/mol. The number of hydrogen-bond acceptors (Lipinski definition) is 7. The number of hydrogen-bond donors (Lipinski definition) is 3. The highest BCUT2D eigenvalue weighted by atomic mass is 79.9. The molecule has 5 rings (SSSR count). The molecule has 33 heavy (non-hydrogen) atoms. The quantitative estimate of drug-likeness (QED) is 0.413. The van der Waals surface area contributed by atoms with Gasteiger partial charge in [0.05, 0.1) is 23.5 Å². The van der Waals surface area contributed by atoms with E-state index in [1.807, 2.05) is 24.3 Å². The first-order valence-corrected chi connectivity index (χ1v) is 11.8. The molecule has 3 fully saturated rings. The number of aliphatic hydroxyl groups is 1. The third kappa shape index (κ3) is 3.26. The van der Waals surface area contributed by atoms with Crippen LogP contribution in [0.5, 0.6) is 0 Å². The van der Waals surface area contributed by atoms with Crippen LogP contribution in [-0.2, 0) is 25.8 Å². The SMILES string of the molecule is CNC(=O)[C@H]1[C@@H]2OC3(CC2Br)C(C(=O)NCn2nnc4ccccc42)N(CCCO)C(=O)[C@H]13. The predicted molar refractivity (Wildman–Crippen MR) is 119 cm³/mol. The minimum Gasteiger partial charge on any atom is -0.396 e. The van der Waals surface area contributed by atoms with Crippen molar-refractivity contribution >= 4 is 44.7 Å². The van der Waals surface area contributed by atoms with Gasteiger partial charge in [-0.1, -0.05) is 33.3 Å². The van der Waals surface area contributed by atoms with Crippen molar-refractivity contribution in [3.8, 4) is 0 Å². The number of ether oxygens (including phenoxy) is 1. The number of benzene rings is 1. The molecule has 12 heteroatoms. The minimum atomic E-state index is -1.11. The number of rotatable bonds is 7. The molecule has 0 aliphatic carbocycles. The summed E-state index contributed by atoms with van der Waals surface area (Å²) in [6.45, 7) is 0.141. The van der Waals surface area contributed by atoms with Gasteiger partial charge in [-0.2, -0.15) is 0 Å².